The van der Waals surface area contributed by atoms with Crippen LogP contribution in [-0.2, 0) is 16.0 Å². The third kappa shape index (κ3) is 6.60. The Labute approximate surface area is 183 Å². The van der Waals surface area contributed by atoms with Gasteiger partial charge in [-0.3, -0.25) is 9.59 Å². The van der Waals surface area contributed by atoms with Crippen molar-refractivity contribution in [1.82, 2.24) is 10.2 Å². The molecular formula is C25H30N2O4. The van der Waals surface area contributed by atoms with Gasteiger partial charge in [0.05, 0.1) is 20.1 Å². The SMILES string of the molecule is CCOc1ccc(/C=C/C(=O)NC2CCN(C(=O)Cc3ccccc3OC)CC2)cc1. The van der Waals surface area contributed by atoms with Crippen LogP contribution in [0.4, 0.5) is 0 Å². The molecular weight excluding hydrogens is 392 g/mol. The minimum absolute atomic E-state index is 0.0767. The van der Waals surface area contributed by atoms with Crippen molar-refractivity contribution < 1.29 is 19.1 Å². The Morgan fingerprint density at radius 3 is 2.48 bits per heavy atom. The number of nitrogens with zero attached hydrogens (tertiary/aromatic N) is 1. The lowest BCUT2D eigenvalue weighted by atomic mass is 10.0. The first-order valence-electron chi connectivity index (χ1n) is 10.7. The Kier molecular flexibility index (Phi) is 8.10. The van der Waals surface area contributed by atoms with E-state index in [0.717, 1.165) is 35.5 Å². The van der Waals surface area contributed by atoms with Gasteiger partial charge in [-0.1, -0.05) is 30.3 Å². The molecule has 164 valence electrons. The van der Waals surface area contributed by atoms with E-state index in [1.807, 2.05) is 60.4 Å². The fraction of sp³-hybridized carbons (Fsp3) is 0.360. The molecule has 6 nitrogen and oxygen atoms in total. The smallest absolute Gasteiger partial charge is 0.244 e. The monoisotopic (exact) mass is 422 g/mol. The number of benzene rings is 2. The van der Waals surface area contributed by atoms with Crippen LogP contribution >= 0.6 is 0 Å². The van der Waals surface area contributed by atoms with Crippen molar-refractivity contribution in [1.29, 1.82) is 0 Å². The fourth-order valence-corrected chi connectivity index (χ4v) is 3.66. The lowest BCUT2D eigenvalue weighted by Gasteiger charge is -2.32. The van der Waals surface area contributed by atoms with E-state index in [2.05, 4.69) is 5.32 Å². The van der Waals surface area contributed by atoms with Gasteiger partial charge in [0.25, 0.3) is 0 Å². The number of ether oxygens (including phenoxy) is 2. The van der Waals surface area contributed by atoms with Crippen molar-refractivity contribution in [3.63, 3.8) is 0 Å². The van der Waals surface area contributed by atoms with Crippen LogP contribution in [0, 0.1) is 0 Å². The second kappa shape index (κ2) is 11.2. The molecule has 0 aliphatic carbocycles. The second-order valence-electron chi connectivity index (χ2n) is 7.49. The Hall–Kier alpha value is -3.28. The predicted octanol–water partition coefficient (Wildman–Crippen LogP) is 3.46. The highest BCUT2D eigenvalue weighted by molar-refractivity contribution is 5.92. The number of amides is 2. The van der Waals surface area contributed by atoms with E-state index in [9.17, 15) is 9.59 Å². The van der Waals surface area contributed by atoms with Crippen LogP contribution in [0.15, 0.2) is 54.6 Å². The zero-order valence-electron chi connectivity index (χ0n) is 18.2. The minimum Gasteiger partial charge on any atom is -0.496 e. The van der Waals surface area contributed by atoms with Crippen molar-refractivity contribution >= 4 is 17.9 Å². The summed E-state index contributed by atoms with van der Waals surface area (Å²) in [6.07, 6.45) is 5.16. The second-order valence-corrected chi connectivity index (χ2v) is 7.49. The van der Waals surface area contributed by atoms with Gasteiger partial charge in [-0.05, 0) is 49.6 Å². The van der Waals surface area contributed by atoms with E-state index in [0.29, 0.717) is 26.1 Å². The highest BCUT2D eigenvalue weighted by Crippen LogP contribution is 2.20. The first-order chi connectivity index (χ1) is 15.1. The quantitative estimate of drug-likeness (QED) is 0.662. The molecule has 0 spiro atoms. The molecule has 0 aromatic heterocycles. The zero-order chi connectivity index (χ0) is 22.1. The maximum Gasteiger partial charge on any atom is 0.244 e. The van der Waals surface area contributed by atoms with E-state index in [1.54, 1.807) is 19.3 Å². The summed E-state index contributed by atoms with van der Waals surface area (Å²) in [7, 11) is 1.61. The van der Waals surface area contributed by atoms with Crippen LogP contribution in [0.1, 0.15) is 30.9 Å². The Bertz CT molecular complexity index is 900. The highest BCUT2D eigenvalue weighted by Gasteiger charge is 2.24. The number of hydrogen-bond acceptors (Lipinski definition) is 4. The van der Waals surface area contributed by atoms with Crippen molar-refractivity contribution in [3.05, 3.63) is 65.7 Å². The lowest BCUT2D eigenvalue weighted by molar-refractivity contribution is -0.131. The third-order valence-corrected chi connectivity index (χ3v) is 5.35. The topological polar surface area (TPSA) is 67.9 Å². The molecule has 0 saturated carbocycles. The standard InChI is InChI=1S/C25H30N2O4/c1-3-31-22-11-8-19(9-12-22)10-13-24(28)26-21-14-16-27(17-15-21)25(29)18-20-6-4-5-7-23(20)30-2/h4-13,21H,3,14-18H2,1-2H3,(H,26,28)/b13-10+. The molecule has 1 N–H and O–H groups in total. The van der Waals surface area contributed by atoms with Crippen LogP contribution in [-0.4, -0.2) is 49.6 Å². The van der Waals surface area contributed by atoms with Crippen molar-refractivity contribution in [2.24, 2.45) is 0 Å². The Morgan fingerprint density at radius 1 is 1.10 bits per heavy atom. The van der Waals surface area contributed by atoms with Gasteiger partial charge in [-0.15, -0.1) is 0 Å². The number of para-hydroxylation sites is 1. The maximum atomic E-state index is 12.7. The van der Waals surface area contributed by atoms with E-state index < -0.39 is 0 Å². The molecule has 1 aliphatic rings. The van der Waals surface area contributed by atoms with Gasteiger partial charge in [0.15, 0.2) is 0 Å². The normalized spacial score (nSPS) is 14.5. The summed E-state index contributed by atoms with van der Waals surface area (Å²) in [5.74, 6) is 1.52. The number of nitrogens with one attached hydrogen (secondary N) is 1. The summed E-state index contributed by atoms with van der Waals surface area (Å²) in [6.45, 7) is 3.85. The van der Waals surface area contributed by atoms with Crippen molar-refractivity contribution in [2.75, 3.05) is 26.8 Å². The van der Waals surface area contributed by atoms with Crippen LogP contribution in [0.3, 0.4) is 0 Å². The number of rotatable bonds is 8. The molecule has 31 heavy (non-hydrogen) atoms. The van der Waals surface area contributed by atoms with Gasteiger partial charge in [-0.25, -0.2) is 0 Å². The maximum absolute atomic E-state index is 12.7. The van der Waals surface area contributed by atoms with Gasteiger partial charge >= 0.3 is 0 Å². The van der Waals surface area contributed by atoms with Gasteiger partial charge in [0.2, 0.25) is 11.8 Å². The number of carbonyl (C=O) groups excluding carboxylic acids is 2. The summed E-state index contributed by atoms with van der Waals surface area (Å²) in [4.78, 5) is 26.8. The number of likely N-dealkylation sites (tertiary alicyclic amines) is 1. The van der Waals surface area contributed by atoms with E-state index in [-0.39, 0.29) is 17.9 Å². The van der Waals surface area contributed by atoms with Crippen LogP contribution in [0.2, 0.25) is 0 Å². The molecule has 0 bridgehead atoms. The molecule has 1 heterocycles. The molecule has 1 saturated heterocycles. The average Bonchev–Trinajstić information content (AvgIpc) is 2.79. The first-order valence-corrected chi connectivity index (χ1v) is 10.7. The van der Waals surface area contributed by atoms with Gasteiger partial charge in [0.1, 0.15) is 11.5 Å². The number of hydrogen-bond donors (Lipinski definition) is 1. The molecule has 0 radical (unpaired) electrons. The van der Waals surface area contributed by atoms with Gasteiger partial charge in [-0.2, -0.15) is 0 Å². The fourth-order valence-electron chi connectivity index (χ4n) is 3.66. The average molecular weight is 423 g/mol. The Morgan fingerprint density at radius 2 is 1.81 bits per heavy atom. The van der Waals surface area contributed by atoms with Gasteiger partial charge < -0.3 is 19.7 Å². The number of methoxy groups -OCH3 is 1. The predicted molar refractivity (Wildman–Crippen MR) is 121 cm³/mol. The molecule has 1 aliphatic heterocycles. The largest absolute Gasteiger partial charge is 0.496 e. The molecule has 2 amide bonds. The molecule has 3 rings (SSSR count). The van der Waals surface area contributed by atoms with Crippen molar-refractivity contribution in [2.45, 2.75) is 32.2 Å². The van der Waals surface area contributed by atoms with E-state index >= 15 is 0 Å². The summed E-state index contributed by atoms with van der Waals surface area (Å²) in [6, 6.07) is 15.3. The van der Waals surface area contributed by atoms with Crippen LogP contribution < -0.4 is 14.8 Å². The minimum atomic E-state index is -0.118. The third-order valence-electron chi connectivity index (χ3n) is 5.35. The Balaban J connectivity index is 1.44. The van der Waals surface area contributed by atoms with Gasteiger partial charge in [0, 0.05) is 30.8 Å². The van der Waals surface area contributed by atoms with Crippen LogP contribution in [0.25, 0.3) is 6.08 Å². The molecule has 0 unspecified atom stereocenters. The molecule has 2 aromatic rings. The first kappa shape index (κ1) is 22.4. The summed E-state index contributed by atoms with van der Waals surface area (Å²) in [5.41, 5.74) is 1.83. The van der Waals surface area contributed by atoms with E-state index in [1.165, 1.54) is 0 Å². The zero-order valence-corrected chi connectivity index (χ0v) is 18.2. The summed E-state index contributed by atoms with van der Waals surface area (Å²) in [5, 5.41) is 3.04. The molecule has 1 fully saturated rings. The number of piperidine rings is 1. The molecule has 6 heteroatoms. The number of carbonyl (C=O) groups is 2. The summed E-state index contributed by atoms with van der Waals surface area (Å²) < 4.78 is 10.8. The molecule has 2 aromatic carbocycles. The lowest BCUT2D eigenvalue weighted by Crippen LogP contribution is -2.46. The summed E-state index contributed by atoms with van der Waals surface area (Å²) >= 11 is 0. The van der Waals surface area contributed by atoms with Crippen molar-refractivity contribution in [3.8, 4) is 11.5 Å². The van der Waals surface area contributed by atoms with E-state index in [4.69, 9.17) is 9.47 Å². The highest BCUT2D eigenvalue weighted by atomic mass is 16.5. The molecule has 0 atom stereocenters. The van der Waals surface area contributed by atoms with Crippen LogP contribution in [0.5, 0.6) is 11.5 Å².